The van der Waals surface area contributed by atoms with E-state index in [2.05, 4.69) is 4.90 Å². The lowest BCUT2D eigenvalue weighted by Gasteiger charge is -2.21. The summed E-state index contributed by atoms with van der Waals surface area (Å²) in [7, 11) is 1.70. The first-order chi connectivity index (χ1) is 9.08. The Balaban J connectivity index is 1.94. The zero-order chi connectivity index (χ0) is 13.8. The summed E-state index contributed by atoms with van der Waals surface area (Å²) in [5.41, 5.74) is 5.88. The first kappa shape index (κ1) is 13.8. The molecule has 4 nitrogen and oxygen atoms in total. The fraction of sp³-hybridized carbons (Fsp3) is 0.500. The molecule has 0 spiro atoms. The molecule has 104 valence electrons. The quantitative estimate of drug-likeness (QED) is 0.841. The van der Waals surface area contributed by atoms with E-state index in [1.54, 1.807) is 18.0 Å². The van der Waals surface area contributed by atoms with Gasteiger partial charge in [-0.25, -0.2) is 4.39 Å². The number of likely N-dealkylation sites (N-methyl/N-ethyl adjacent to an activating group) is 1. The first-order valence-corrected chi connectivity index (χ1v) is 6.61. The number of rotatable bonds is 4. The molecule has 0 unspecified atom stereocenters. The summed E-state index contributed by atoms with van der Waals surface area (Å²) in [5, 5.41) is 0. The van der Waals surface area contributed by atoms with Crippen LogP contribution in [-0.4, -0.2) is 48.9 Å². The lowest BCUT2D eigenvalue weighted by atomic mass is 10.1. The summed E-state index contributed by atoms with van der Waals surface area (Å²) < 4.78 is 13.7. The highest BCUT2D eigenvalue weighted by Gasteiger charge is 2.18. The molecule has 1 aliphatic rings. The number of carbonyl (C=O) groups excluding carboxylic acids is 1. The van der Waals surface area contributed by atoms with Crippen LogP contribution < -0.4 is 5.73 Å². The zero-order valence-electron chi connectivity index (χ0n) is 11.2. The number of hydrogen-bond donors (Lipinski definition) is 1. The molecule has 2 rings (SSSR count). The van der Waals surface area contributed by atoms with Crippen LogP contribution in [0.3, 0.4) is 0 Å². The van der Waals surface area contributed by atoms with E-state index in [1.807, 2.05) is 0 Å². The van der Waals surface area contributed by atoms with Crippen molar-refractivity contribution in [3.8, 4) is 0 Å². The van der Waals surface area contributed by atoms with Crippen molar-refractivity contribution in [2.75, 3.05) is 39.0 Å². The van der Waals surface area contributed by atoms with Crippen molar-refractivity contribution in [1.82, 2.24) is 9.80 Å². The number of nitrogen functional groups attached to an aromatic ring is 1. The Morgan fingerprint density at radius 3 is 2.74 bits per heavy atom. The van der Waals surface area contributed by atoms with Crippen molar-refractivity contribution in [2.24, 2.45) is 0 Å². The maximum Gasteiger partial charge on any atom is 0.256 e. The van der Waals surface area contributed by atoms with Crippen LogP contribution in [0.1, 0.15) is 23.2 Å². The molecule has 0 aromatic heterocycles. The van der Waals surface area contributed by atoms with Gasteiger partial charge in [-0.3, -0.25) is 4.79 Å². The molecule has 0 bridgehead atoms. The molecule has 0 saturated carbocycles. The van der Waals surface area contributed by atoms with Crippen LogP contribution in [0.2, 0.25) is 0 Å². The summed E-state index contributed by atoms with van der Waals surface area (Å²) in [6.07, 6.45) is 2.45. The van der Waals surface area contributed by atoms with Crippen LogP contribution in [0.25, 0.3) is 0 Å². The molecule has 1 amide bonds. The van der Waals surface area contributed by atoms with Crippen molar-refractivity contribution in [1.29, 1.82) is 0 Å². The van der Waals surface area contributed by atoms with Crippen LogP contribution >= 0.6 is 0 Å². The van der Waals surface area contributed by atoms with Crippen molar-refractivity contribution in [3.05, 3.63) is 29.6 Å². The van der Waals surface area contributed by atoms with Gasteiger partial charge in [0.05, 0.1) is 5.56 Å². The first-order valence-electron chi connectivity index (χ1n) is 6.61. The van der Waals surface area contributed by atoms with E-state index in [0.717, 1.165) is 19.6 Å². The third-order valence-corrected chi connectivity index (χ3v) is 3.52. The fourth-order valence-corrected chi connectivity index (χ4v) is 2.31. The Bertz CT molecular complexity index is 458. The molecule has 5 heteroatoms. The smallest absolute Gasteiger partial charge is 0.256 e. The molecule has 1 aliphatic heterocycles. The molecular formula is C14H20FN3O. The SMILES string of the molecule is CN(CCN1CCCC1)C(=O)c1ccc(N)cc1F. The van der Waals surface area contributed by atoms with E-state index in [0.29, 0.717) is 12.2 Å². The van der Waals surface area contributed by atoms with Crippen molar-refractivity contribution in [3.63, 3.8) is 0 Å². The third-order valence-electron chi connectivity index (χ3n) is 3.52. The number of anilines is 1. The molecule has 1 fully saturated rings. The van der Waals surface area contributed by atoms with Gasteiger partial charge in [-0.05, 0) is 44.1 Å². The monoisotopic (exact) mass is 265 g/mol. The largest absolute Gasteiger partial charge is 0.399 e. The van der Waals surface area contributed by atoms with Gasteiger partial charge in [0, 0.05) is 25.8 Å². The van der Waals surface area contributed by atoms with Crippen molar-refractivity contribution >= 4 is 11.6 Å². The second-order valence-corrected chi connectivity index (χ2v) is 5.01. The molecule has 2 N–H and O–H groups in total. The van der Waals surface area contributed by atoms with Crippen molar-refractivity contribution in [2.45, 2.75) is 12.8 Å². The van der Waals surface area contributed by atoms with Gasteiger partial charge in [0.15, 0.2) is 0 Å². The predicted octanol–water partition coefficient (Wildman–Crippen LogP) is 1.58. The van der Waals surface area contributed by atoms with E-state index < -0.39 is 5.82 Å². The topological polar surface area (TPSA) is 49.6 Å². The molecule has 1 aromatic carbocycles. The minimum atomic E-state index is -0.557. The van der Waals surface area contributed by atoms with Gasteiger partial charge in [-0.1, -0.05) is 0 Å². The normalized spacial score (nSPS) is 15.7. The number of nitrogens with zero attached hydrogens (tertiary/aromatic N) is 2. The Labute approximate surface area is 113 Å². The molecule has 0 aliphatic carbocycles. The Kier molecular flexibility index (Phi) is 4.37. The van der Waals surface area contributed by atoms with Crippen LogP contribution in [-0.2, 0) is 0 Å². The second kappa shape index (κ2) is 6.02. The maximum atomic E-state index is 13.7. The van der Waals surface area contributed by atoms with Gasteiger partial charge >= 0.3 is 0 Å². The highest BCUT2D eigenvalue weighted by Crippen LogP contribution is 2.14. The molecule has 19 heavy (non-hydrogen) atoms. The van der Waals surface area contributed by atoms with E-state index in [9.17, 15) is 9.18 Å². The van der Waals surface area contributed by atoms with Gasteiger partial charge in [-0.2, -0.15) is 0 Å². The fourth-order valence-electron chi connectivity index (χ4n) is 2.31. The minimum Gasteiger partial charge on any atom is -0.399 e. The van der Waals surface area contributed by atoms with E-state index in [4.69, 9.17) is 5.73 Å². The van der Waals surface area contributed by atoms with Crippen LogP contribution in [0.4, 0.5) is 10.1 Å². The summed E-state index contributed by atoms with van der Waals surface area (Å²) >= 11 is 0. The number of benzene rings is 1. The van der Waals surface area contributed by atoms with Gasteiger partial charge in [0.2, 0.25) is 0 Å². The van der Waals surface area contributed by atoms with Crippen molar-refractivity contribution < 1.29 is 9.18 Å². The van der Waals surface area contributed by atoms with Gasteiger partial charge < -0.3 is 15.5 Å². The summed E-state index contributed by atoms with van der Waals surface area (Å²) in [4.78, 5) is 16.0. The van der Waals surface area contributed by atoms with Gasteiger partial charge in [0.25, 0.3) is 5.91 Å². The van der Waals surface area contributed by atoms with Crippen LogP contribution in [0.5, 0.6) is 0 Å². The highest BCUT2D eigenvalue weighted by atomic mass is 19.1. The Hall–Kier alpha value is -1.62. The average Bonchev–Trinajstić information content (AvgIpc) is 2.88. The molecule has 1 heterocycles. The van der Waals surface area contributed by atoms with Gasteiger partial charge in [0.1, 0.15) is 5.82 Å². The van der Waals surface area contributed by atoms with E-state index in [-0.39, 0.29) is 11.5 Å². The average molecular weight is 265 g/mol. The lowest BCUT2D eigenvalue weighted by molar-refractivity contribution is 0.0778. The van der Waals surface area contributed by atoms with Gasteiger partial charge in [-0.15, -0.1) is 0 Å². The van der Waals surface area contributed by atoms with E-state index >= 15 is 0 Å². The van der Waals surface area contributed by atoms with E-state index in [1.165, 1.54) is 25.0 Å². The number of nitrogens with two attached hydrogens (primary N) is 1. The Morgan fingerprint density at radius 1 is 1.42 bits per heavy atom. The van der Waals surface area contributed by atoms with Crippen LogP contribution in [0, 0.1) is 5.82 Å². The standard InChI is InChI=1S/C14H20FN3O/c1-17(8-9-18-6-2-3-7-18)14(19)12-5-4-11(16)10-13(12)15/h4-5,10H,2-3,6-9,16H2,1H3. The Morgan fingerprint density at radius 2 is 2.11 bits per heavy atom. The maximum absolute atomic E-state index is 13.7. The number of amides is 1. The number of carbonyl (C=O) groups is 1. The predicted molar refractivity (Wildman–Crippen MR) is 73.4 cm³/mol. The molecule has 0 atom stereocenters. The molecule has 0 radical (unpaired) electrons. The second-order valence-electron chi connectivity index (χ2n) is 5.01. The molecular weight excluding hydrogens is 245 g/mol. The molecule has 1 saturated heterocycles. The lowest BCUT2D eigenvalue weighted by Crippen LogP contribution is -2.35. The van der Waals surface area contributed by atoms with Crippen LogP contribution in [0.15, 0.2) is 18.2 Å². The highest BCUT2D eigenvalue weighted by molar-refractivity contribution is 5.94. The third kappa shape index (κ3) is 3.44. The number of hydrogen-bond acceptors (Lipinski definition) is 3. The summed E-state index contributed by atoms with van der Waals surface area (Å²) in [6.45, 7) is 3.65. The summed E-state index contributed by atoms with van der Waals surface area (Å²) in [5.74, 6) is -0.852. The summed E-state index contributed by atoms with van der Waals surface area (Å²) in [6, 6.07) is 4.17. The number of halogens is 1. The minimum absolute atomic E-state index is 0.0816. The number of likely N-dealkylation sites (tertiary alicyclic amines) is 1. The zero-order valence-corrected chi connectivity index (χ0v) is 11.2. The molecule has 1 aromatic rings.